The fourth-order valence-corrected chi connectivity index (χ4v) is 2.92. The molecule has 21 heavy (non-hydrogen) atoms. The predicted molar refractivity (Wildman–Crippen MR) is 80.5 cm³/mol. The molecule has 0 spiro atoms. The van der Waals surface area contributed by atoms with E-state index in [0.717, 1.165) is 24.8 Å². The van der Waals surface area contributed by atoms with Gasteiger partial charge < -0.3 is 14.6 Å². The smallest absolute Gasteiger partial charge is 0.349 e. The molecule has 3 rings (SSSR count). The number of nitrogens with one attached hydrogen (secondary N) is 1. The number of hydrogen-bond acceptors (Lipinski definition) is 4. The molecule has 1 unspecified atom stereocenters. The monoisotopic (exact) mass is 286 g/mol. The van der Waals surface area contributed by atoms with E-state index in [1.54, 1.807) is 23.1 Å². The van der Waals surface area contributed by atoms with Crippen LogP contribution in [0.1, 0.15) is 23.2 Å². The van der Waals surface area contributed by atoms with Gasteiger partial charge in [0.2, 0.25) is 0 Å². The molecule has 0 bridgehead atoms. The van der Waals surface area contributed by atoms with Crippen molar-refractivity contribution in [3.63, 3.8) is 0 Å². The van der Waals surface area contributed by atoms with Crippen LogP contribution in [0.15, 0.2) is 39.5 Å². The van der Waals surface area contributed by atoms with Gasteiger partial charge in [-0.3, -0.25) is 4.79 Å². The lowest BCUT2D eigenvalue weighted by molar-refractivity contribution is 0.0733. The second kappa shape index (κ2) is 5.69. The first kappa shape index (κ1) is 13.8. The average Bonchev–Trinajstić information content (AvgIpc) is 2.94. The normalized spacial score (nSPS) is 18.3. The molecule has 5 nitrogen and oxygen atoms in total. The quantitative estimate of drug-likeness (QED) is 0.871. The maximum absolute atomic E-state index is 12.6. The zero-order valence-corrected chi connectivity index (χ0v) is 12.0. The molecule has 5 heteroatoms. The molecule has 2 heterocycles. The van der Waals surface area contributed by atoms with Crippen molar-refractivity contribution in [1.29, 1.82) is 0 Å². The average molecular weight is 286 g/mol. The van der Waals surface area contributed by atoms with Crippen molar-refractivity contribution in [3.8, 4) is 0 Å². The number of likely N-dealkylation sites (N-methyl/N-ethyl adjacent to an activating group) is 1. The third-order valence-corrected chi connectivity index (χ3v) is 3.95. The van der Waals surface area contributed by atoms with E-state index in [1.165, 1.54) is 0 Å². The summed E-state index contributed by atoms with van der Waals surface area (Å²) in [5.41, 5.74) is 0.0674. The molecule has 1 N–H and O–H groups in total. The maximum Gasteiger partial charge on any atom is 0.349 e. The number of carbonyl (C=O) groups is 1. The number of hydrogen-bond donors (Lipinski definition) is 1. The van der Waals surface area contributed by atoms with Crippen molar-refractivity contribution in [2.75, 3.05) is 20.1 Å². The van der Waals surface area contributed by atoms with Crippen LogP contribution in [0.5, 0.6) is 0 Å². The zero-order valence-electron chi connectivity index (χ0n) is 12.0. The van der Waals surface area contributed by atoms with Gasteiger partial charge in [0, 0.05) is 24.5 Å². The minimum atomic E-state index is -0.561. The van der Waals surface area contributed by atoms with Gasteiger partial charge in [-0.1, -0.05) is 18.2 Å². The molecular weight excluding hydrogens is 268 g/mol. The molecule has 1 saturated heterocycles. The number of fused-ring (bicyclic) bond motifs is 1. The van der Waals surface area contributed by atoms with E-state index in [4.69, 9.17) is 4.42 Å². The van der Waals surface area contributed by atoms with E-state index in [-0.39, 0.29) is 17.5 Å². The molecule has 110 valence electrons. The lowest BCUT2D eigenvalue weighted by Crippen LogP contribution is -2.42. The van der Waals surface area contributed by atoms with Crippen molar-refractivity contribution in [1.82, 2.24) is 10.2 Å². The number of likely N-dealkylation sites (tertiary alicyclic amines) is 1. The van der Waals surface area contributed by atoms with Crippen LogP contribution in [-0.4, -0.2) is 37.0 Å². The van der Waals surface area contributed by atoms with Crippen LogP contribution in [0.2, 0.25) is 0 Å². The van der Waals surface area contributed by atoms with Crippen LogP contribution in [0.25, 0.3) is 11.0 Å². The van der Waals surface area contributed by atoms with Crippen molar-refractivity contribution in [3.05, 3.63) is 46.3 Å². The summed E-state index contributed by atoms with van der Waals surface area (Å²) >= 11 is 0. The third kappa shape index (κ3) is 2.56. The first-order valence-corrected chi connectivity index (χ1v) is 7.19. The highest BCUT2D eigenvalue weighted by atomic mass is 16.4. The fraction of sp³-hybridized carbons (Fsp3) is 0.375. The SMILES string of the molecule is CNCC1CCCN1C(=O)c1cc2ccccc2oc1=O. The molecule has 1 aromatic carbocycles. The Bertz CT molecular complexity index is 723. The zero-order chi connectivity index (χ0) is 14.8. The number of amides is 1. The molecule has 2 aromatic rings. The van der Waals surface area contributed by atoms with Crippen molar-refractivity contribution in [2.24, 2.45) is 0 Å². The van der Waals surface area contributed by atoms with Crippen LogP contribution in [0, 0.1) is 0 Å². The Morgan fingerprint density at radius 3 is 3.05 bits per heavy atom. The second-order valence-electron chi connectivity index (χ2n) is 5.34. The van der Waals surface area contributed by atoms with Gasteiger partial charge >= 0.3 is 5.63 Å². The summed E-state index contributed by atoms with van der Waals surface area (Å²) in [7, 11) is 1.87. The molecule has 1 aliphatic heterocycles. The molecule has 0 radical (unpaired) electrons. The van der Waals surface area contributed by atoms with Gasteiger partial charge in [0.1, 0.15) is 11.1 Å². The second-order valence-corrected chi connectivity index (χ2v) is 5.34. The van der Waals surface area contributed by atoms with E-state index in [2.05, 4.69) is 5.32 Å². The van der Waals surface area contributed by atoms with Crippen LogP contribution in [-0.2, 0) is 0 Å². The number of rotatable bonds is 3. The molecular formula is C16H18N2O3. The van der Waals surface area contributed by atoms with Crippen molar-refractivity contribution in [2.45, 2.75) is 18.9 Å². The van der Waals surface area contributed by atoms with Gasteiger partial charge in [-0.2, -0.15) is 0 Å². The summed E-state index contributed by atoms with van der Waals surface area (Å²) in [6, 6.07) is 9.01. The van der Waals surface area contributed by atoms with Gasteiger partial charge in [-0.15, -0.1) is 0 Å². The molecule has 1 aromatic heterocycles. The summed E-state index contributed by atoms with van der Waals surface area (Å²) in [4.78, 5) is 26.5. The molecule has 1 aliphatic rings. The Morgan fingerprint density at radius 2 is 2.24 bits per heavy atom. The maximum atomic E-state index is 12.6. The summed E-state index contributed by atoms with van der Waals surface area (Å²) in [5, 5.41) is 3.86. The first-order chi connectivity index (χ1) is 10.2. The van der Waals surface area contributed by atoms with Gasteiger partial charge in [-0.25, -0.2) is 4.79 Å². The molecule has 0 saturated carbocycles. The van der Waals surface area contributed by atoms with E-state index >= 15 is 0 Å². The Labute approximate surface area is 122 Å². The van der Waals surface area contributed by atoms with Gasteiger partial charge in [0.25, 0.3) is 5.91 Å². The Morgan fingerprint density at radius 1 is 1.43 bits per heavy atom. The number of benzene rings is 1. The van der Waals surface area contributed by atoms with Crippen molar-refractivity contribution >= 4 is 16.9 Å². The highest BCUT2D eigenvalue weighted by molar-refractivity contribution is 5.97. The molecule has 1 atom stereocenters. The standard InChI is InChI=1S/C16H18N2O3/c1-17-10-12-6-4-8-18(12)15(19)13-9-11-5-2-3-7-14(11)21-16(13)20/h2-3,5,7,9,12,17H,4,6,8,10H2,1H3. The van der Waals surface area contributed by atoms with Crippen LogP contribution >= 0.6 is 0 Å². The summed E-state index contributed by atoms with van der Waals surface area (Å²) in [5.74, 6) is -0.229. The van der Waals surface area contributed by atoms with E-state index < -0.39 is 5.63 Å². The molecule has 1 fully saturated rings. The van der Waals surface area contributed by atoms with Crippen LogP contribution < -0.4 is 10.9 Å². The Kier molecular flexibility index (Phi) is 3.75. The number of carbonyl (C=O) groups excluding carboxylic acids is 1. The predicted octanol–water partition coefficient (Wildman–Crippen LogP) is 1.62. The number of para-hydroxylation sites is 1. The minimum Gasteiger partial charge on any atom is -0.422 e. The van der Waals surface area contributed by atoms with E-state index in [0.29, 0.717) is 12.1 Å². The molecule has 1 amide bonds. The molecule has 0 aliphatic carbocycles. The third-order valence-electron chi connectivity index (χ3n) is 3.95. The largest absolute Gasteiger partial charge is 0.422 e. The van der Waals surface area contributed by atoms with E-state index in [1.807, 2.05) is 19.2 Å². The number of nitrogens with zero attached hydrogens (tertiary/aromatic N) is 1. The van der Waals surface area contributed by atoms with E-state index in [9.17, 15) is 9.59 Å². The van der Waals surface area contributed by atoms with Gasteiger partial charge in [0.05, 0.1) is 0 Å². The highest BCUT2D eigenvalue weighted by Crippen LogP contribution is 2.20. The minimum absolute atomic E-state index is 0.122. The van der Waals surface area contributed by atoms with Gasteiger partial charge in [-0.05, 0) is 32.0 Å². The summed E-state index contributed by atoms with van der Waals surface area (Å²) < 4.78 is 5.25. The lowest BCUT2D eigenvalue weighted by atomic mass is 10.1. The Hall–Kier alpha value is -2.14. The first-order valence-electron chi connectivity index (χ1n) is 7.19. The van der Waals surface area contributed by atoms with Crippen LogP contribution in [0.4, 0.5) is 0 Å². The Balaban J connectivity index is 1.97. The van der Waals surface area contributed by atoms with Crippen LogP contribution in [0.3, 0.4) is 0 Å². The summed E-state index contributed by atoms with van der Waals surface area (Å²) in [6.45, 7) is 1.43. The summed E-state index contributed by atoms with van der Waals surface area (Å²) in [6.07, 6.45) is 1.93. The highest BCUT2D eigenvalue weighted by Gasteiger charge is 2.30. The lowest BCUT2D eigenvalue weighted by Gasteiger charge is -2.24. The fourth-order valence-electron chi connectivity index (χ4n) is 2.92. The topological polar surface area (TPSA) is 62.6 Å². The van der Waals surface area contributed by atoms with Gasteiger partial charge in [0.15, 0.2) is 0 Å². The van der Waals surface area contributed by atoms with Crippen molar-refractivity contribution < 1.29 is 9.21 Å².